The number of anilines is 1. The number of nitrogens with one attached hydrogen (secondary N) is 1. The molecule has 1 heterocycles. The van der Waals surface area contributed by atoms with Crippen LogP contribution in [-0.2, 0) is 10.0 Å². The Morgan fingerprint density at radius 3 is 2.25 bits per heavy atom. The standard InChI is InChI=1S/C13H22N4O2S/c1-10-4-6-11(7-5-10)17(3)20(18,19)12-8-15-13(14-2)16-9-12/h8-11H,4-7H2,1-3H3,(H,14,15,16). The van der Waals surface area contributed by atoms with E-state index in [4.69, 9.17) is 0 Å². The largest absolute Gasteiger partial charge is 0.357 e. The summed E-state index contributed by atoms with van der Waals surface area (Å²) in [6, 6.07) is 0.0835. The van der Waals surface area contributed by atoms with Crippen molar-refractivity contribution in [1.82, 2.24) is 14.3 Å². The van der Waals surface area contributed by atoms with E-state index in [0.29, 0.717) is 11.9 Å². The second-order valence-corrected chi connectivity index (χ2v) is 7.42. The first kappa shape index (κ1) is 15.2. The van der Waals surface area contributed by atoms with E-state index in [1.54, 1.807) is 14.1 Å². The van der Waals surface area contributed by atoms with Crippen LogP contribution in [-0.4, -0.2) is 42.8 Å². The molecule has 1 N–H and O–H groups in total. The molecule has 0 atom stereocenters. The molecule has 0 aliphatic heterocycles. The van der Waals surface area contributed by atoms with Crippen molar-refractivity contribution < 1.29 is 8.42 Å². The van der Waals surface area contributed by atoms with Crippen molar-refractivity contribution in [3.05, 3.63) is 12.4 Å². The molecule has 2 rings (SSSR count). The zero-order valence-corrected chi connectivity index (χ0v) is 13.0. The Morgan fingerprint density at radius 1 is 1.20 bits per heavy atom. The lowest BCUT2D eigenvalue weighted by molar-refractivity contribution is 0.246. The third-order valence-corrected chi connectivity index (χ3v) is 5.89. The Bertz CT molecular complexity index is 536. The Hall–Kier alpha value is -1.21. The summed E-state index contributed by atoms with van der Waals surface area (Å²) in [7, 11) is -0.153. The Labute approximate surface area is 120 Å². The molecule has 0 unspecified atom stereocenters. The maximum atomic E-state index is 12.5. The molecule has 1 aromatic rings. The van der Waals surface area contributed by atoms with Gasteiger partial charge < -0.3 is 5.32 Å². The van der Waals surface area contributed by atoms with Crippen LogP contribution in [0.25, 0.3) is 0 Å². The SMILES string of the molecule is CNc1ncc(S(=O)(=O)N(C)C2CCC(C)CC2)cn1. The molecule has 7 heteroatoms. The average molecular weight is 298 g/mol. The van der Waals surface area contributed by atoms with E-state index in [9.17, 15) is 8.42 Å². The van der Waals surface area contributed by atoms with E-state index in [2.05, 4.69) is 22.2 Å². The van der Waals surface area contributed by atoms with Crippen LogP contribution in [0.15, 0.2) is 17.3 Å². The second kappa shape index (κ2) is 6.05. The average Bonchev–Trinajstić information content (AvgIpc) is 2.47. The molecule has 0 radical (unpaired) electrons. The highest BCUT2D eigenvalue weighted by Gasteiger charge is 2.30. The second-order valence-electron chi connectivity index (χ2n) is 5.43. The molecule has 1 aliphatic carbocycles. The fourth-order valence-corrected chi connectivity index (χ4v) is 3.85. The lowest BCUT2D eigenvalue weighted by Gasteiger charge is -2.32. The molecule has 1 saturated carbocycles. The van der Waals surface area contributed by atoms with Gasteiger partial charge in [0.1, 0.15) is 4.90 Å². The molecule has 1 aliphatic rings. The van der Waals surface area contributed by atoms with Gasteiger partial charge in [0.05, 0.1) is 12.4 Å². The van der Waals surface area contributed by atoms with Gasteiger partial charge in [-0.2, -0.15) is 4.31 Å². The van der Waals surface area contributed by atoms with Crippen molar-refractivity contribution in [3.63, 3.8) is 0 Å². The van der Waals surface area contributed by atoms with Crippen molar-refractivity contribution in [1.29, 1.82) is 0 Å². The zero-order valence-electron chi connectivity index (χ0n) is 12.2. The van der Waals surface area contributed by atoms with Gasteiger partial charge in [-0.1, -0.05) is 6.92 Å². The molecule has 112 valence electrons. The molecular formula is C13H22N4O2S. The number of hydrogen-bond donors (Lipinski definition) is 1. The van der Waals surface area contributed by atoms with Crippen molar-refractivity contribution in [3.8, 4) is 0 Å². The first-order valence-corrected chi connectivity index (χ1v) is 8.37. The molecule has 0 amide bonds. The van der Waals surface area contributed by atoms with Gasteiger partial charge in [0.2, 0.25) is 16.0 Å². The molecular weight excluding hydrogens is 276 g/mol. The highest BCUT2D eigenvalue weighted by molar-refractivity contribution is 7.89. The van der Waals surface area contributed by atoms with Crippen molar-refractivity contribution in [2.75, 3.05) is 19.4 Å². The van der Waals surface area contributed by atoms with Gasteiger partial charge >= 0.3 is 0 Å². The third-order valence-electron chi connectivity index (χ3n) is 4.03. The number of sulfonamides is 1. The van der Waals surface area contributed by atoms with Gasteiger partial charge in [-0.3, -0.25) is 0 Å². The molecule has 0 aromatic carbocycles. The number of aromatic nitrogens is 2. The van der Waals surface area contributed by atoms with Gasteiger partial charge in [-0.15, -0.1) is 0 Å². The van der Waals surface area contributed by atoms with Crippen LogP contribution in [0, 0.1) is 5.92 Å². The molecule has 0 saturated heterocycles. The van der Waals surface area contributed by atoms with Crippen LogP contribution in [0.5, 0.6) is 0 Å². The smallest absolute Gasteiger partial charge is 0.246 e. The summed E-state index contributed by atoms with van der Waals surface area (Å²) in [4.78, 5) is 8.10. The van der Waals surface area contributed by atoms with E-state index in [0.717, 1.165) is 25.7 Å². The van der Waals surface area contributed by atoms with Crippen LogP contribution in [0.1, 0.15) is 32.6 Å². The predicted octanol–water partition coefficient (Wildman–Crippen LogP) is 1.72. The first-order chi connectivity index (χ1) is 9.45. The quantitative estimate of drug-likeness (QED) is 0.916. The Kier molecular flexibility index (Phi) is 4.59. The van der Waals surface area contributed by atoms with Gasteiger partial charge in [-0.05, 0) is 31.6 Å². The summed E-state index contributed by atoms with van der Waals surface area (Å²) < 4.78 is 26.6. The van der Waals surface area contributed by atoms with Gasteiger partial charge in [0.15, 0.2) is 0 Å². The van der Waals surface area contributed by atoms with E-state index in [-0.39, 0.29) is 10.9 Å². The van der Waals surface area contributed by atoms with E-state index < -0.39 is 10.0 Å². The topological polar surface area (TPSA) is 75.2 Å². The summed E-state index contributed by atoms with van der Waals surface area (Å²) in [6.07, 6.45) is 6.73. The lowest BCUT2D eigenvalue weighted by atomic mass is 9.87. The number of rotatable bonds is 4. The lowest BCUT2D eigenvalue weighted by Crippen LogP contribution is -2.39. The first-order valence-electron chi connectivity index (χ1n) is 6.93. The number of nitrogens with zero attached hydrogens (tertiary/aromatic N) is 3. The van der Waals surface area contributed by atoms with Crippen LogP contribution in [0.3, 0.4) is 0 Å². The molecule has 1 fully saturated rings. The van der Waals surface area contributed by atoms with Gasteiger partial charge in [-0.25, -0.2) is 18.4 Å². The van der Waals surface area contributed by atoms with Crippen LogP contribution in [0.4, 0.5) is 5.95 Å². The highest BCUT2D eigenvalue weighted by Crippen LogP contribution is 2.29. The summed E-state index contributed by atoms with van der Waals surface area (Å²) in [5.74, 6) is 1.11. The molecule has 6 nitrogen and oxygen atoms in total. The molecule has 0 spiro atoms. The van der Waals surface area contributed by atoms with Crippen molar-refractivity contribution >= 4 is 16.0 Å². The summed E-state index contributed by atoms with van der Waals surface area (Å²) in [5.41, 5.74) is 0. The normalized spacial score (nSPS) is 23.8. The van der Waals surface area contributed by atoms with Crippen LogP contribution in [0.2, 0.25) is 0 Å². The van der Waals surface area contributed by atoms with Crippen molar-refractivity contribution in [2.24, 2.45) is 5.92 Å². The Balaban J connectivity index is 2.16. The zero-order chi connectivity index (χ0) is 14.8. The maximum absolute atomic E-state index is 12.5. The van der Waals surface area contributed by atoms with E-state index >= 15 is 0 Å². The van der Waals surface area contributed by atoms with E-state index in [1.165, 1.54) is 16.7 Å². The molecule has 0 bridgehead atoms. The minimum absolute atomic E-state index is 0.0835. The molecule has 1 aromatic heterocycles. The minimum Gasteiger partial charge on any atom is -0.357 e. The summed E-state index contributed by atoms with van der Waals surface area (Å²) in [5, 5.41) is 2.77. The Morgan fingerprint density at radius 2 is 1.75 bits per heavy atom. The van der Waals surface area contributed by atoms with Crippen molar-refractivity contribution in [2.45, 2.75) is 43.5 Å². The van der Waals surface area contributed by atoms with Gasteiger partial charge in [0, 0.05) is 20.1 Å². The minimum atomic E-state index is -3.50. The fraction of sp³-hybridized carbons (Fsp3) is 0.692. The van der Waals surface area contributed by atoms with E-state index in [1.807, 2.05) is 0 Å². The predicted molar refractivity (Wildman–Crippen MR) is 77.9 cm³/mol. The monoisotopic (exact) mass is 298 g/mol. The fourth-order valence-electron chi connectivity index (χ4n) is 2.55. The summed E-state index contributed by atoms with van der Waals surface area (Å²) >= 11 is 0. The van der Waals surface area contributed by atoms with Gasteiger partial charge in [0.25, 0.3) is 0 Å². The maximum Gasteiger partial charge on any atom is 0.246 e. The van der Waals surface area contributed by atoms with Crippen LogP contribution < -0.4 is 5.32 Å². The molecule has 20 heavy (non-hydrogen) atoms. The number of hydrogen-bond acceptors (Lipinski definition) is 5. The summed E-state index contributed by atoms with van der Waals surface area (Å²) in [6.45, 7) is 2.22. The van der Waals surface area contributed by atoms with Crippen LogP contribution >= 0.6 is 0 Å². The third kappa shape index (κ3) is 3.09. The highest BCUT2D eigenvalue weighted by atomic mass is 32.2.